The summed E-state index contributed by atoms with van der Waals surface area (Å²) >= 11 is 5.84. The topological polar surface area (TPSA) is 87.9 Å². The summed E-state index contributed by atoms with van der Waals surface area (Å²) in [5, 5.41) is 12.1. The van der Waals surface area contributed by atoms with Crippen molar-refractivity contribution in [1.82, 2.24) is 20.3 Å². The summed E-state index contributed by atoms with van der Waals surface area (Å²) in [6.07, 6.45) is 0.231. The maximum absolute atomic E-state index is 13.4. The van der Waals surface area contributed by atoms with Gasteiger partial charge in [-0.05, 0) is 24.3 Å². The third-order valence-electron chi connectivity index (χ3n) is 4.82. The van der Waals surface area contributed by atoms with E-state index in [0.717, 1.165) is 10.9 Å². The highest BCUT2D eigenvalue weighted by atomic mass is 35.5. The molecular weight excluding hydrogens is 385 g/mol. The number of hydrogen-bond acceptors (Lipinski definition) is 5. The first-order valence-corrected chi connectivity index (χ1v) is 9.00. The molecule has 1 atom stereocenters. The van der Waals surface area contributed by atoms with Crippen LogP contribution in [0.15, 0.2) is 47.0 Å². The fraction of sp³-hybridized carbons (Fsp3) is 0.158. The third kappa shape index (κ3) is 2.73. The Balaban J connectivity index is 1.42. The summed E-state index contributed by atoms with van der Waals surface area (Å²) in [7, 11) is 0. The monoisotopic (exact) mass is 397 g/mol. The van der Waals surface area contributed by atoms with Crippen LogP contribution in [0.3, 0.4) is 0 Å². The molecule has 2 aromatic carbocycles. The van der Waals surface area contributed by atoms with Crippen LogP contribution in [0.25, 0.3) is 22.5 Å². The Bertz CT molecular complexity index is 1200. The zero-order valence-electron chi connectivity index (χ0n) is 14.4. The van der Waals surface area contributed by atoms with E-state index in [9.17, 15) is 9.18 Å². The number of carbonyl (C=O) groups is 1. The zero-order valence-corrected chi connectivity index (χ0v) is 15.2. The highest BCUT2D eigenvalue weighted by Crippen LogP contribution is 2.33. The second-order valence-corrected chi connectivity index (χ2v) is 6.99. The molecule has 28 heavy (non-hydrogen) atoms. The van der Waals surface area contributed by atoms with Gasteiger partial charge in [-0.2, -0.15) is 10.1 Å². The number of halogens is 2. The summed E-state index contributed by atoms with van der Waals surface area (Å²) in [5.74, 6) is -0.139. The van der Waals surface area contributed by atoms with E-state index in [1.807, 2.05) is 24.3 Å². The van der Waals surface area contributed by atoms with Crippen LogP contribution in [0.4, 0.5) is 10.1 Å². The Hall–Kier alpha value is -3.26. The quantitative estimate of drug-likeness (QED) is 0.566. The lowest BCUT2D eigenvalue weighted by Gasteiger charge is -2.16. The molecule has 7 nitrogen and oxygen atoms in total. The molecule has 0 saturated carbocycles. The van der Waals surface area contributed by atoms with Gasteiger partial charge in [-0.3, -0.25) is 9.89 Å². The third-order valence-corrected chi connectivity index (χ3v) is 5.11. The predicted molar refractivity (Wildman–Crippen MR) is 101 cm³/mol. The fourth-order valence-electron chi connectivity index (χ4n) is 3.41. The fourth-order valence-corrected chi connectivity index (χ4v) is 3.58. The number of aromatic amines is 1. The molecule has 1 N–H and O–H groups in total. The molecule has 3 heterocycles. The van der Waals surface area contributed by atoms with Crippen molar-refractivity contribution in [3.63, 3.8) is 0 Å². The first kappa shape index (κ1) is 16.9. The van der Waals surface area contributed by atoms with E-state index in [2.05, 4.69) is 20.3 Å². The molecule has 2 aromatic heterocycles. The molecular formula is C19H13ClFN5O2. The van der Waals surface area contributed by atoms with Crippen LogP contribution in [-0.2, 0) is 4.79 Å². The van der Waals surface area contributed by atoms with Gasteiger partial charge in [0.15, 0.2) is 11.5 Å². The van der Waals surface area contributed by atoms with Crippen LogP contribution in [0, 0.1) is 5.82 Å². The van der Waals surface area contributed by atoms with Gasteiger partial charge in [0.05, 0.1) is 10.5 Å². The van der Waals surface area contributed by atoms with Crippen molar-refractivity contribution in [3.05, 3.63) is 59.1 Å². The molecule has 1 aliphatic heterocycles. The number of aromatic nitrogens is 4. The van der Waals surface area contributed by atoms with Crippen LogP contribution < -0.4 is 4.90 Å². The number of para-hydroxylation sites is 1. The van der Waals surface area contributed by atoms with E-state index < -0.39 is 5.82 Å². The summed E-state index contributed by atoms with van der Waals surface area (Å²) in [5.41, 5.74) is 1.98. The lowest BCUT2D eigenvalue weighted by molar-refractivity contribution is -0.117. The largest absolute Gasteiger partial charge is 0.332 e. The Labute approximate surface area is 163 Å². The standard InChI is InChI=1S/C19H13ClFN5O2/c20-13-8-11(5-6-14(13)21)26-9-10(7-16(26)27)18-22-19(28-25-18)17-12-3-1-2-4-15(12)23-24-17/h1-6,8,10H,7,9H2,(H,23,24). The minimum atomic E-state index is -0.525. The number of rotatable bonds is 3. The molecule has 0 bridgehead atoms. The lowest BCUT2D eigenvalue weighted by atomic mass is 10.1. The first-order valence-electron chi connectivity index (χ1n) is 8.62. The second-order valence-electron chi connectivity index (χ2n) is 6.58. The Morgan fingerprint density at radius 1 is 1.25 bits per heavy atom. The molecule has 140 valence electrons. The zero-order chi connectivity index (χ0) is 19.3. The van der Waals surface area contributed by atoms with Crippen LogP contribution in [-0.4, -0.2) is 32.8 Å². The van der Waals surface area contributed by atoms with Gasteiger partial charge in [0.1, 0.15) is 5.82 Å². The normalized spacial score (nSPS) is 17.0. The molecule has 1 amide bonds. The molecule has 0 radical (unpaired) electrons. The van der Waals surface area contributed by atoms with Crippen molar-refractivity contribution in [2.45, 2.75) is 12.3 Å². The van der Waals surface area contributed by atoms with Crippen molar-refractivity contribution in [2.75, 3.05) is 11.4 Å². The molecule has 9 heteroatoms. The number of carbonyl (C=O) groups excluding carboxylic acids is 1. The van der Waals surface area contributed by atoms with Gasteiger partial charge < -0.3 is 9.42 Å². The van der Waals surface area contributed by atoms with Crippen molar-refractivity contribution in [1.29, 1.82) is 0 Å². The van der Waals surface area contributed by atoms with Gasteiger partial charge in [0.2, 0.25) is 5.91 Å². The maximum atomic E-state index is 13.4. The molecule has 1 fully saturated rings. The molecule has 1 unspecified atom stereocenters. The SMILES string of the molecule is O=C1CC(c2noc(-c3n[nH]c4ccccc34)n2)CN1c1ccc(F)c(Cl)c1. The van der Waals surface area contributed by atoms with Crippen LogP contribution in [0.1, 0.15) is 18.2 Å². The van der Waals surface area contributed by atoms with E-state index in [4.69, 9.17) is 16.1 Å². The summed E-state index contributed by atoms with van der Waals surface area (Å²) < 4.78 is 18.8. The molecule has 4 aromatic rings. The average Bonchev–Trinajstić information content (AvgIpc) is 3.41. The minimum absolute atomic E-state index is 0.0268. The highest BCUT2D eigenvalue weighted by molar-refractivity contribution is 6.31. The van der Waals surface area contributed by atoms with Crippen molar-refractivity contribution >= 4 is 34.1 Å². The average molecular weight is 398 g/mol. The number of amides is 1. The Morgan fingerprint density at radius 3 is 2.96 bits per heavy atom. The van der Waals surface area contributed by atoms with Crippen molar-refractivity contribution < 1.29 is 13.7 Å². The number of anilines is 1. The second kappa shape index (κ2) is 6.42. The number of hydrogen-bond donors (Lipinski definition) is 1. The molecule has 1 aliphatic rings. The van der Waals surface area contributed by atoms with E-state index in [1.165, 1.54) is 18.2 Å². The van der Waals surface area contributed by atoms with Crippen molar-refractivity contribution in [2.24, 2.45) is 0 Å². The van der Waals surface area contributed by atoms with Crippen molar-refractivity contribution in [3.8, 4) is 11.6 Å². The minimum Gasteiger partial charge on any atom is -0.332 e. The summed E-state index contributed by atoms with van der Waals surface area (Å²) in [6, 6.07) is 11.8. The van der Waals surface area contributed by atoms with E-state index in [-0.39, 0.29) is 23.3 Å². The number of nitrogens with one attached hydrogen (secondary N) is 1. The number of benzene rings is 2. The van der Waals surface area contributed by atoms with Gasteiger partial charge in [0.25, 0.3) is 5.89 Å². The smallest absolute Gasteiger partial charge is 0.279 e. The van der Waals surface area contributed by atoms with Crippen LogP contribution in [0.5, 0.6) is 0 Å². The van der Waals surface area contributed by atoms with Crippen LogP contribution >= 0.6 is 11.6 Å². The molecule has 0 spiro atoms. The Morgan fingerprint density at radius 2 is 2.11 bits per heavy atom. The van der Waals surface area contributed by atoms with E-state index >= 15 is 0 Å². The van der Waals surface area contributed by atoms with Gasteiger partial charge in [-0.15, -0.1) is 0 Å². The summed E-state index contributed by atoms with van der Waals surface area (Å²) in [6.45, 7) is 0.362. The van der Waals surface area contributed by atoms with E-state index in [0.29, 0.717) is 29.6 Å². The lowest BCUT2D eigenvalue weighted by Crippen LogP contribution is -2.24. The van der Waals surface area contributed by atoms with Gasteiger partial charge in [-0.1, -0.05) is 35.0 Å². The highest BCUT2D eigenvalue weighted by Gasteiger charge is 2.35. The summed E-state index contributed by atoms with van der Waals surface area (Å²) in [4.78, 5) is 18.5. The van der Waals surface area contributed by atoms with Gasteiger partial charge >= 0.3 is 0 Å². The molecule has 5 rings (SSSR count). The van der Waals surface area contributed by atoms with Crippen LogP contribution in [0.2, 0.25) is 5.02 Å². The van der Waals surface area contributed by atoms with E-state index in [1.54, 1.807) is 4.90 Å². The molecule has 1 saturated heterocycles. The number of H-pyrrole nitrogens is 1. The van der Waals surface area contributed by atoms with Gasteiger partial charge in [0, 0.05) is 30.0 Å². The Kier molecular flexibility index (Phi) is 3.87. The maximum Gasteiger partial charge on any atom is 0.279 e. The number of nitrogens with zero attached hydrogens (tertiary/aromatic N) is 4. The number of fused-ring (bicyclic) bond motifs is 1. The molecule has 0 aliphatic carbocycles. The predicted octanol–water partition coefficient (Wildman–Crippen LogP) is 3.93. The first-order chi connectivity index (χ1) is 13.6. The van der Waals surface area contributed by atoms with Gasteiger partial charge in [-0.25, -0.2) is 4.39 Å².